The highest BCUT2D eigenvalue weighted by Crippen LogP contribution is 2.04. The summed E-state index contributed by atoms with van der Waals surface area (Å²) < 4.78 is 0. The second-order valence-corrected chi connectivity index (χ2v) is 2.52. The molecule has 0 saturated carbocycles. The van der Waals surface area contributed by atoms with E-state index in [1.165, 1.54) is 6.92 Å². The van der Waals surface area contributed by atoms with E-state index in [4.69, 9.17) is 5.73 Å². The summed E-state index contributed by atoms with van der Waals surface area (Å²) in [6, 6.07) is -0.255. The third-order valence-electron chi connectivity index (χ3n) is 1.73. The summed E-state index contributed by atoms with van der Waals surface area (Å²) in [7, 11) is 0. The van der Waals surface area contributed by atoms with E-state index in [1.807, 2.05) is 13.8 Å². The Morgan fingerprint density at radius 3 is 2.22 bits per heavy atom. The summed E-state index contributed by atoms with van der Waals surface area (Å²) in [5.74, 6) is 0.409. The van der Waals surface area contributed by atoms with Crippen molar-refractivity contribution < 1.29 is 4.79 Å². The lowest BCUT2D eigenvalue weighted by Crippen LogP contribution is -2.34. The minimum Gasteiger partial charge on any atom is -0.321 e. The number of nitrogens with two attached hydrogens (primary N) is 1. The van der Waals surface area contributed by atoms with Crippen LogP contribution in [0.15, 0.2) is 0 Å². The van der Waals surface area contributed by atoms with Crippen LogP contribution in [0.4, 0.5) is 0 Å². The molecule has 0 amide bonds. The molecule has 0 bridgehead atoms. The molecule has 2 heteroatoms. The zero-order chi connectivity index (χ0) is 7.44. The molecule has 0 aliphatic rings. The van der Waals surface area contributed by atoms with E-state index < -0.39 is 0 Å². The number of carbonyl (C=O) groups excluding carboxylic acids is 1. The van der Waals surface area contributed by atoms with E-state index in [0.717, 1.165) is 6.42 Å². The minimum absolute atomic E-state index is 0.0874. The lowest BCUT2D eigenvalue weighted by Gasteiger charge is -2.13. The minimum atomic E-state index is -0.255. The van der Waals surface area contributed by atoms with Gasteiger partial charge in [0.25, 0.3) is 0 Å². The molecule has 1 unspecified atom stereocenters. The summed E-state index contributed by atoms with van der Waals surface area (Å²) in [5.41, 5.74) is 5.52. The van der Waals surface area contributed by atoms with Gasteiger partial charge in [-0.05, 0) is 12.8 Å². The molecular weight excluding hydrogens is 114 g/mol. The van der Waals surface area contributed by atoms with Gasteiger partial charge in [0.15, 0.2) is 0 Å². The number of hydrogen-bond acceptors (Lipinski definition) is 2. The number of ketones is 1. The first kappa shape index (κ1) is 8.63. The molecule has 2 nitrogen and oxygen atoms in total. The van der Waals surface area contributed by atoms with Crippen molar-refractivity contribution >= 4 is 5.78 Å². The van der Waals surface area contributed by atoms with Crippen molar-refractivity contribution in [3.8, 4) is 0 Å². The van der Waals surface area contributed by atoms with Crippen LogP contribution in [0.1, 0.15) is 27.2 Å². The maximum atomic E-state index is 10.6. The van der Waals surface area contributed by atoms with E-state index in [1.54, 1.807) is 0 Å². The van der Waals surface area contributed by atoms with Gasteiger partial charge in [-0.1, -0.05) is 20.3 Å². The summed E-state index contributed by atoms with van der Waals surface area (Å²) in [4.78, 5) is 10.6. The topological polar surface area (TPSA) is 43.1 Å². The van der Waals surface area contributed by atoms with E-state index in [-0.39, 0.29) is 11.8 Å². The van der Waals surface area contributed by atoms with Crippen molar-refractivity contribution in [2.24, 2.45) is 11.7 Å². The zero-order valence-corrected chi connectivity index (χ0v) is 6.35. The van der Waals surface area contributed by atoms with Gasteiger partial charge in [-0.25, -0.2) is 0 Å². The van der Waals surface area contributed by atoms with Gasteiger partial charge in [-0.2, -0.15) is 0 Å². The summed E-state index contributed by atoms with van der Waals surface area (Å²) >= 11 is 0. The van der Waals surface area contributed by atoms with Crippen molar-refractivity contribution in [1.82, 2.24) is 0 Å². The number of hydrogen-bond donors (Lipinski definition) is 1. The fraction of sp³-hybridized carbons (Fsp3) is 0.857. The average molecular weight is 129 g/mol. The van der Waals surface area contributed by atoms with Gasteiger partial charge < -0.3 is 5.73 Å². The van der Waals surface area contributed by atoms with Crippen LogP contribution >= 0.6 is 0 Å². The first-order valence-electron chi connectivity index (χ1n) is 3.35. The molecule has 0 aliphatic carbocycles. The lowest BCUT2D eigenvalue weighted by molar-refractivity contribution is -0.119. The van der Waals surface area contributed by atoms with E-state index in [2.05, 4.69) is 0 Å². The Morgan fingerprint density at radius 2 is 2.11 bits per heavy atom. The number of Topliss-reactive ketones (excluding diaryl/α,β-unsaturated/α-hetero) is 1. The number of carbonyl (C=O) groups is 1. The van der Waals surface area contributed by atoms with E-state index in [0.29, 0.717) is 5.92 Å². The van der Waals surface area contributed by atoms with Crippen LogP contribution in [-0.4, -0.2) is 11.8 Å². The molecule has 0 heterocycles. The molecule has 0 aromatic rings. The largest absolute Gasteiger partial charge is 0.321 e. The molecule has 0 aromatic carbocycles. The third-order valence-corrected chi connectivity index (χ3v) is 1.73. The van der Waals surface area contributed by atoms with Crippen LogP contribution in [0.25, 0.3) is 0 Å². The Hall–Kier alpha value is -0.370. The fourth-order valence-electron chi connectivity index (χ4n) is 0.655. The molecule has 54 valence electrons. The van der Waals surface area contributed by atoms with Crippen molar-refractivity contribution in [3.05, 3.63) is 0 Å². The van der Waals surface area contributed by atoms with Gasteiger partial charge in [-0.15, -0.1) is 0 Å². The van der Waals surface area contributed by atoms with Crippen LogP contribution in [0.2, 0.25) is 0 Å². The van der Waals surface area contributed by atoms with Crippen LogP contribution < -0.4 is 5.73 Å². The molecular formula is C7H15NO. The Morgan fingerprint density at radius 1 is 1.67 bits per heavy atom. The highest BCUT2D eigenvalue weighted by molar-refractivity contribution is 5.81. The summed E-state index contributed by atoms with van der Waals surface area (Å²) in [6.07, 6.45) is 0.973. The average Bonchev–Trinajstić information content (AvgIpc) is 1.84. The van der Waals surface area contributed by atoms with Crippen molar-refractivity contribution in [3.63, 3.8) is 0 Å². The Bertz CT molecular complexity index is 101. The quantitative estimate of drug-likeness (QED) is 0.616. The molecule has 0 aliphatic heterocycles. The lowest BCUT2D eigenvalue weighted by atomic mass is 9.97. The van der Waals surface area contributed by atoms with Crippen molar-refractivity contribution in [1.29, 1.82) is 0 Å². The third kappa shape index (κ3) is 2.61. The van der Waals surface area contributed by atoms with Gasteiger partial charge in [-0.3, -0.25) is 4.79 Å². The van der Waals surface area contributed by atoms with Crippen molar-refractivity contribution in [2.75, 3.05) is 0 Å². The SMILES string of the molecule is CCC(C)[C@H](N)C(C)=O. The Balaban J connectivity index is 3.72. The second-order valence-electron chi connectivity index (χ2n) is 2.52. The highest BCUT2D eigenvalue weighted by atomic mass is 16.1. The first-order valence-corrected chi connectivity index (χ1v) is 3.35. The highest BCUT2D eigenvalue weighted by Gasteiger charge is 2.14. The monoisotopic (exact) mass is 129 g/mol. The van der Waals surface area contributed by atoms with Gasteiger partial charge in [0.1, 0.15) is 5.78 Å². The molecule has 0 aromatic heterocycles. The normalized spacial score (nSPS) is 16.9. The second kappa shape index (κ2) is 3.62. The fourth-order valence-corrected chi connectivity index (χ4v) is 0.655. The summed E-state index contributed by atoms with van der Waals surface area (Å²) in [5, 5.41) is 0. The van der Waals surface area contributed by atoms with Crippen LogP contribution in [0, 0.1) is 5.92 Å². The number of rotatable bonds is 3. The van der Waals surface area contributed by atoms with Crippen LogP contribution in [-0.2, 0) is 4.79 Å². The molecule has 0 saturated heterocycles. The molecule has 9 heavy (non-hydrogen) atoms. The van der Waals surface area contributed by atoms with Gasteiger partial charge in [0.05, 0.1) is 6.04 Å². The molecule has 2 atom stereocenters. The predicted molar refractivity (Wildman–Crippen MR) is 38.1 cm³/mol. The van der Waals surface area contributed by atoms with Gasteiger partial charge in [0, 0.05) is 0 Å². The van der Waals surface area contributed by atoms with Crippen LogP contribution in [0.5, 0.6) is 0 Å². The molecule has 2 N–H and O–H groups in total. The molecule has 0 fully saturated rings. The standard InChI is InChI=1S/C7H15NO/c1-4-5(2)7(8)6(3)9/h5,7H,4,8H2,1-3H3/t5?,7-/m0/s1. The van der Waals surface area contributed by atoms with Gasteiger partial charge in [0.2, 0.25) is 0 Å². The van der Waals surface area contributed by atoms with Gasteiger partial charge >= 0.3 is 0 Å². The smallest absolute Gasteiger partial charge is 0.146 e. The van der Waals surface area contributed by atoms with Crippen molar-refractivity contribution in [2.45, 2.75) is 33.2 Å². The predicted octanol–water partition coefficient (Wildman–Crippen LogP) is 0.949. The first-order chi connectivity index (χ1) is 4.09. The van der Waals surface area contributed by atoms with E-state index in [9.17, 15) is 4.79 Å². The molecule has 0 radical (unpaired) electrons. The molecule has 0 spiro atoms. The zero-order valence-electron chi connectivity index (χ0n) is 6.35. The Labute approximate surface area is 56.4 Å². The van der Waals surface area contributed by atoms with Crippen LogP contribution in [0.3, 0.4) is 0 Å². The maximum Gasteiger partial charge on any atom is 0.146 e. The maximum absolute atomic E-state index is 10.6. The summed E-state index contributed by atoms with van der Waals surface area (Å²) in [6.45, 7) is 5.57. The Kier molecular flexibility index (Phi) is 3.47. The van der Waals surface area contributed by atoms with E-state index >= 15 is 0 Å². The molecule has 0 rings (SSSR count).